The van der Waals surface area contributed by atoms with Gasteiger partial charge in [-0.05, 0) is 24.5 Å². The molecular formula is C16H17N3O3. The minimum absolute atomic E-state index is 0.159. The number of nitrogens with one attached hydrogen (secondary N) is 1. The number of carboxylic acids is 1. The summed E-state index contributed by atoms with van der Waals surface area (Å²) in [5.41, 5.74) is 0.0324. The van der Waals surface area contributed by atoms with Gasteiger partial charge in [0.2, 0.25) is 5.91 Å². The number of nitrogens with zero attached hydrogens (tertiary/aromatic N) is 2. The number of carboxylic acid groups (broad SMARTS) is 1. The van der Waals surface area contributed by atoms with Crippen LogP contribution in [0.2, 0.25) is 0 Å². The number of carbonyl (C=O) groups excluding carboxylic acids is 1. The monoisotopic (exact) mass is 299 g/mol. The fraction of sp³-hybridized carbons (Fsp3) is 0.312. The Hall–Kier alpha value is -2.63. The third-order valence-electron chi connectivity index (χ3n) is 4.06. The van der Waals surface area contributed by atoms with Gasteiger partial charge >= 0.3 is 5.97 Å². The summed E-state index contributed by atoms with van der Waals surface area (Å²) < 4.78 is 1.57. The average molecular weight is 299 g/mol. The van der Waals surface area contributed by atoms with Crippen LogP contribution in [0.4, 0.5) is 0 Å². The first-order chi connectivity index (χ1) is 10.6. The summed E-state index contributed by atoms with van der Waals surface area (Å²) in [4.78, 5) is 23.8. The number of hydrogen-bond donors (Lipinski definition) is 2. The fourth-order valence-electron chi connectivity index (χ4n) is 2.46. The molecule has 0 radical (unpaired) electrons. The Balaban J connectivity index is 1.78. The van der Waals surface area contributed by atoms with Crippen molar-refractivity contribution in [3.05, 3.63) is 54.4 Å². The predicted molar refractivity (Wildman–Crippen MR) is 79.1 cm³/mol. The zero-order valence-electron chi connectivity index (χ0n) is 12.0. The summed E-state index contributed by atoms with van der Waals surface area (Å²) in [6.07, 6.45) is 4.56. The lowest BCUT2D eigenvalue weighted by Crippen LogP contribution is -2.39. The topological polar surface area (TPSA) is 84.2 Å². The highest BCUT2D eigenvalue weighted by molar-refractivity contribution is 5.85. The van der Waals surface area contributed by atoms with Gasteiger partial charge < -0.3 is 10.4 Å². The maximum Gasteiger partial charge on any atom is 0.311 e. The average Bonchev–Trinajstić information content (AvgIpc) is 3.15. The maximum atomic E-state index is 12.6. The van der Waals surface area contributed by atoms with Gasteiger partial charge in [0.25, 0.3) is 0 Å². The summed E-state index contributed by atoms with van der Waals surface area (Å²) in [5, 5.41) is 16.1. The molecule has 0 saturated heterocycles. The van der Waals surface area contributed by atoms with Crippen LogP contribution in [0.25, 0.3) is 0 Å². The smallest absolute Gasteiger partial charge is 0.311 e. The molecule has 2 aromatic rings. The quantitative estimate of drug-likeness (QED) is 0.845. The number of benzene rings is 1. The predicted octanol–water partition coefficient (Wildman–Crippen LogP) is 1.45. The summed E-state index contributed by atoms with van der Waals surface area (Å²) in [5.74, 6) is -1.09. The van der Waals surface area contributed by atoms with Crippen molar-refractivity contribution in [1.29, 1.82) is 0 Å². The highest BCUT2D eigenvalue weighted by atomic mass is 16.4. The molecule has 1 aromatic carbocycles. The second kappa shape index (κ2) is 5.63. The molecule has 0 bridgehead atoms. The van der Waals surface area contributed by atoms with Crippen LogP contribution in [0.5, 0.6) is 0 Å². The first kappa shape index (κ1) is 14.3. The molecule has 1 unspecified atom stereocenters. The molecule has 6 heteroatoms. The maximum absolute atomic E-state index is 12.6. The van der Waals surface area contributed by atoms with Crippen LogP contribution in [-0.4, -0.2) is 33.3 Å². The zero-order valence-corrected chi connectivity index (χ0v) is 12.0. The molecule has 1 aliphatic rings. The minimum atomic E-state index is -0.844. The lowest BCUT2D eigenvalue weighted by molar-refractivity contribution is -0.143. The second-order valence-electron chi connectivity index (χ2n) is 5.60. The number of amides is 1. The van der Waals surface area contributed by atoms with Crippen LogP contribution in [0.15, 0.2) is 48.8 Å². The number of rotatable bonds is 6. The lowest BCUT2D eigenvalue weighted by atomic mass is 10.0. The van der Waals surface area contributed by atoms with Crippen molar-refractivity contribution in [2.75, 3.05) is 6.54 Å². The summed E-state index contributed by atoms with van der Waals surface area (Å²) in [6, 6.07) is 10.5. The second-order valence-corrected chi connectivity index (χ2v) is 5.60. The molecule has 1 aromatic heterocycles. The zero-order chi connectivity index (χ0) is 15.6. The summed E-state index contributed by atoms with van der Waals surface area (Å²) >= 11 is 0. The largest absolute Gasteiger partial charge is 0.481 e. The molecule has 1 atom stereocenters. The molecule has 2 N–H and O–H groups in total. The Bertz CT molecular complexity index is 663. The Morgan fingerprint density at radius 1 is 1.27 bits per heavy atom. The molecule has 1 amide bonds. The van der Waals surface area contributed by atoms with Crippen molar-refractivity contribution < 1.29 is 14.7 Å². The van der Waals surface area contributed by atoms with E-state index in [0.717, 1.165) is 5.56 Å². The van der Waals surface area contributed by atoms with Crippen LogP contribution in [-0.2, 0) is 9.59 Å². The third-order valence-corrected chi connectivity index (χ3v) is 4.06. The summed E-state index contributed by atoms with van der Waals surface area (Å²) in [7, 11) is 0. The molecule has 114 valence electrons. The molecule has 0 spiro atoms. The highest BCUT2D eigenvalue weighted by Crippen LogP contribution is 2.45. The van der Waals surface area contributed by atoms with Gasteiger partial charge in [0.1, 0.15) is 0 Å². The molecule has 0 aliphatic heterocycles. The van der Waals surface area contributed by atoms with Crippen molar-refractivity contribution >= 4 is 11.9 Å². The van der Waals surface area contributed by atoms with E-state index in [1.165, 1.54) is 0 Å². The Labute approximate surface area is 127 Å². The number of hydrogen-bond acceptors (Lipinski definition) is 3. The molecule has 1 fully saturated rings. The van der Waals surface area contributed by atoms with Crippen LogP contribution in [0.1, 0.15) is 24.4 Å². The standard InChI is InChI=1S/C16H17N3O3/c20-14(17-11-16(7-8-16)15(21)22)13(19-10-4-9-18-19)12-5-2-1-3-6-12/h1-6,9-10,13H,7-8,11H2,(H,17,20)(H,21,22). The van der Waals surface area contributed by atoms with E-state index >= 15 is 0 Å². The molecule has 1 aliphatic carbocycles. The van der Waals surface area contributed by atoms with Crippen LogP contribution >= 0.6 is 0 Å². The van der Waals surface area contributed by atoms with Crippen LogP contribution in [0.3, 0.4) is 0 Å². The van der Waals surface area contributed by atoms with Crippen molar-refractivity contribution in [3.8, 4) is 0 Å². The molecule has 3 rings (SSSR count). The highest BCUT2D eigenvalue weighted by Gasteiger charge is 2.50. The van der Waals surface area contributed by atoms with E-state index in [-0.39, 0.29) is 12.5 Å². The van der Waals surface area contributed by atoms with E-state index in [0.29, 0.717) is 12.8 Å². The van der Waals surface area contributed by atoms with Crippen LogP contribution in [0, 0.1) is 5.41 Å². The van der Waals surface area contributed by atoms with Gasteiger partial charge in [0.05, 0.1) is 5.41 Å². The Morgan fingerprint density at radius 2 is 2.00 bits per heavy atom. The van der Waals surface area contributed by atoms with Crippen molar-refractivity contribution in [1.82, 2.24) is 15.1 Å². The summed E-state index contributed by atoms with van der Waals surface area (Å²) in [6.45, 7) is 0.159. The van der Waals surface area contributed by atoms with E-state index in [9.17, 15) is 14.7 Å². The Morgan fingerprint density at radius 3 is 2.55 bits per heavy atom. The van der Waals surface area contributed by atoms with E-state index in [1.54, 1.807) is 23.1 Å². The van der Waals surface area contributed by atoms with E-state index < -0.39 is 17.4 Å². The van der Waals surface area contributed by atoms with E-state index in [1.807, 2.05) is 30.3 Å². The van der Waals surface area contributed by atoms with Gasteiger partial charge in [-0.25, -0.2) is 0 Å². The number of carbonyl (C=O) groups is 2. The van der Waals surface area contributed by atoms with Crippen molar-refractivity contribution in [2.45, 2.75) is 18.9 Å². The molecule has 6 nitrogen and oxygen atoms in total. The van der Waals surface area contributed by atoms with E-state index in [2.05, 4.69) is 10.4 Å². The lowest BCUT2D eigenvalue weighted by Gasteiger charge is -2.19. The molecule has 1 heterocycles. The number of aliphatic carboxylic acids is 1. The number of aromatic nitrogens is 2. The van der Waals surface area contributed by atoms with Gasteiger partial charge in [0, 0.05) is 18.9 Å². The van der Waals surface area contributed by atoms with Crippen LogP contribution < -0.4 is 5.32 Å². The molecule has 1 saturated carbocycles. The first-order valence-corrected chi connectivity index (χ1v) is 7.18. The third kappa shape index (κ3) is 2.72. The van der Waals surface area contributed by atoms with E-state index in [4.69, 9.17) is 0 Å². The molecule has 22 heavy (non-hydrogen) atoms. The van der Waals surface area contributed by atoms with Gasteiger partial charge in [0.15, 0.2) is 6.04 Å². The Kier molecular flexibility index (Phi) is 3.66. The molecular weight excluding hydrogens is 282 g/mol. The fourth-order valence-corrected chi connectivity index (χ4v) is 2.46. The van der Waals surface area contributed by atoms with Gasteiger partial charge in [-0.1, -0.05) is 30.3 Å². The normalized spacial score (nSPS) is 16.7. The minimum Gasteiger partial charge on any atom is -0.481 e. The van der Waals surface area contributed by atoms with Gasteiger partial charge in [-0.15, -0.1) is 0 Å². The van der Waals surface area contributed by atoms with Gasteiger partial charge in [-0.2, -0.15) is 5.10 Å². The van der Waals surface area contributed by atoms with Gasteiger partial charge in [-0.3, -0.25) is 14.3 Å². The van der Waals surface area contributed by atoms with Crippen molar-refractivity contribution in [2.24, 2.45) is 5.41 Å². The van der Waals surface area contributed by atoms with Crippen molar-refractivity contribution in [3.63, 3.8) is 0 Å². The SMILES string of the molecule is O=C(NCC1(C(=O)O)CC1)C(c1ccccc1)n1cccn1. The first-order valence-electron chi connectivity index (χ1n) is 7.18.